The number of alkyl halides is 3. The van der Waals surface area contributed by atoms with E-state index >= 15 is 0 Å². The lowest BCUT2D eigenvalue weighted by atomic mass is 10.2. The number of rotatable bonds is 6. The van der Waals surface area contributed by atoms with Gasteiger partial charge >= 0.3 is 12.1 Å². The molecule has 0 radical (unpaired) electrons. The van der Waals surface area contributed by atoms with Gasteiger partial charge in [-0.05, 0) is 25.5 Å². The van der Waals surface area contributed by atoms with Gasteiger partial charge < -0.3 is 9.64 Å². The number of hydrogen-bond acceptors (Lipinski definition) is 4. The number of hydrogen-bond donors (Lipinski definition) is 0. The molecule has 0 aliphatic heterocycles. The summed E-state index contributed by atoms with van der Waals surface area (Å²) in [4.78, 5) is 16.8. The molecule has 0 spiro atoms. The number of anilines is 1. The van der Waals surface area contributed by atoms with Crippen LogP contribution in [0.1, 0.15) is 25.8 Å². The van der Waals surface area contributed by atoms with Crippen molar-refractivity contribution in [1.82, 2.24) is 4.98 Å². The zero-order valence-electron chi connectivity index (χ0n) is 11.4. The summed E-state index contributed by atoms with van der Waals surface area (Å²) in [5, 5.41) is 0. The summed E-state index contributed by atoms with van der Waals surface area (Å²) in [7, 11) is 0. The first kappa shape index (κ1) is 16.3. The zero-order valence-corrected chi connectivity index (χ0v) is 11.4. The number of aromatic nitrogens is 1. The molecule has 0 bridgehead atoms. The number of carbonyl (C=O) groups is 1. The lowest BCUT2D eigenvalue weighted by molar-refractivity contribution is -0.141. The van der Waals surface area contributed by atoms with Crippen molar-refractivity contribution >= 4 is 11.8 Å². The summed E-state index contributed by atoms with van der Waals surface area (Å²) < 4.78 is 42.2. The predicted molar refractivity (Wildman–Crippen MR) is 68.4 cm³/mol. The molecule has 0 saturated carbocycles. The van der Waals surface area contributed by atoms with E-state index in [1.807, 2.05) is 6.92 Å². The minimum absolute atomic E-state index is 0.0277. The van der Waals surface area contributed by atoms with Crippen molar-refractivity contribution in [3.8, 4) is 0 Å². The Balaban J connectivity index is 2.84. The Labute approximate surface area is 115 Å². The van der Waals surface area contributed by atoms with Crippen LogP contribution in [0.2, 0.25) is 0 Å². The molecule has 4 nitrogen and oxygen atoms in total. The Kier molecular flexibility index (Phi) is 5.79. The normalized spacial score (nSPS) is 11.2. The lowest BCUT2D eigenvalue weighted by Crippen LogP contribution is -2.32. The van der Waals surface area contributed by atoms with Crippen molar-refractivity contribution in [3.63, 3.8) is 0 Å². The summed E-state index contributed by atoms with van der Waals surface area (Å²) in [5.74, 6) is -0.101. The van der Waals surface area contributed by atoms with Gasteiger partial charge in [-0.2, -0.15) is 13.2 Å². The Morgan fingerprint density at radius 1 is 1.35 bits per heavy atom. The van der Waals surface area contributed by atoms with Crippen LogP contribution in [0.5, 0.6) is 0 Å². The van der Waals surface area contributed by atoms with Gasteiger partial charge in [-0.25, -0.2) is 4.98 Å². The molecule has 1 rings (SSSR count). The highest BCUT2D eigenvalue weighted by atomic mass is 19.4. The first-order valence-electron chi connectivity index (χ1n) is 6.32. The van der Waals surface area contributed by atoms with Crippen LogP contribution in [-0.2, 0) is 15.7 Å². The van der Waals surface area contributed by atoms with Gasteiger partial charge in [0.15, 0.2) is 0 Å². The van der Waals surface area contributed by atoms with Gasteiger partial charge in [0.2, 0.25) is 0 Å². The van der Waals surface area contributed by atoms with E-state index in [1.165, 1.54) is 6.07 Å². The van der Waals surface area contributed by atoms with Gasteiger partial charge in [0, 0.05) is 12.7 Å². The molecule has 1 aromatic rings. The van der Waals surface area contributed by atoms with Gasteiger partial charge in [-0.15, -0.1) is 0 Å². The topological polar surface area (TPSA) is 42.4 Å². The Morgan fingerprint density at radius 2 is 2.05 bits per heavy atom. The van der Waals surface area contributed by atoms with E-state index in [0.29, 0.717) is 12.4 Å². The highest BCUT2D eigenvalue weighted by Crippen LogP contribution is 2.29. The van der Waals surface area contributed by atoms with Gasteiger partial charge in [-0.1, -0.05) is 6.92 Å². The van der Waals surface area contributed by atoms with Crippen molar-refractivity contribution in [1.29, 1.82) is 0 Å². The maximum absolute atomic E-state index is 12.5. The van der Waals surface area contributed by atoms with Crippen molar-refractivity contribution in [2.75, 3.05) is 24.6 Å². The van der Waals surface area contributed by atoms with Gasteiger partial charge in [-0.3, -0.25) is 4.79 Å². The van der Waals surface area contributed by atoms with E-state index in [0.717, 1.165) is 18.7 Å². The van der Waals surface area contributed by atoms with Gasteiger partial charge in [0.1, 0.15) is 12.4 Å². The van der Waals surface area contributed by atoms with E-state index in [9.17, 15) is 18.0 Å². The van der Waals surface area contributed by atoms with Crippen molar-refractivity contribution in [2.24, 2.45) is 0 Å². The molecule has 0 amide bonds. The largest absolute Gasteiger partial charge is 0.465 e. The van der Waals surface area contributed by atoms with Crippen LogP contribution in [0.15, 0.2) is 18.3 Å². The molecule has 1 heterocycles. The fourth-order valence-electron chi connectivity index (χ4n) is 1.65. The standard InChI is InChI=1S/C13H17F3N2O2/c1-3-7-18(9-12(19)20-4-2)11-6-5-10(8-17-11)13(14,15)16/h5-6,8H,3-4,7,9H2,1-2H3. The molecular formula is C13H17F3N2O2. The fraction of sp³-hybridized carbons (Fsp3) is 0.538. The molecule has 20 heavy (non-hydrogen) atoms. The second-order valence-corrected chi connectivity index (χ2v) is 4.13. The SMILES string of the molecule is CCCN(CC(=O)OCC)c1ccc(C(F)(F)F)cn1. The van der Waals surface area contributed by atoms with E-state index in [1.54, 1.807) is 11.8 Å². The van der Waals surface area contributed by atoms with E-state index in [2.05, 4.69) is 4.98 Å². The smallest absolute Gasteiger partial charge is 0.417 e. The van der Waals surface area contributed by atoms with Crippen LogP contribution in [0, 0.1) is 0 Å². The number of pyridine rings is 1. The molecule has 0 saturated heterocycles. The van der Waals surface area contributed by atoms with E-state index in [4.69, 9.17) is 4.74 Å². The molecule has 0 aromatic carbocycles. The van der Waals surface area contributed by atoms with Crippen molar-refractivity contribution in [2.45, 2.75) is 26.4 Å². The molecule has 1 aromatic heterocycles. The minimum atomic E-state index is -4.41. The summed E-state index contributed by atoms with van der Waals surface area (Å²) in [6.07, 6.45) is -2.91. The average Bonchev–Trinajstić information content (AvgIpc) is 2.38. The Bertz CT molecular complexity index is 432. The van der Waals surface area contributed by atoms with Crippen LogP contribution in [0.4, 0.5) is 19.0 Å². The van der Waals surface area contributed by atoms with Gasteiger partial charge in [0.25, 0.3) is 0 Å². The summed E-state index contributed by atoms with van der Waals surface area (Å²) >= 11 is 0. The van der Waals surface area contributed by atoms with Crippen LogP contribution in [0.25, 0.3) is 0 Å². The molecule has 0 N–H and O–H groups in total. The zero-order chi connectivity index (χ0) is 15.2. The van der Waals surface area contributed by atoms with E-state index < -0.39 is 17.7 Å². The monoisotopic (exact) mass is 290 g/mol. The Morgan fingerprint density at radius 3 is 2.50 bits per heavy atom. The van der Waals surface area contributed by atoms with Crippen LogP contribution in [0.3, 0.4) is 0 Å². The fourth-order valence-corrected chi connectivity index (χ4v) is 1.65. The van der Waals surface area contributed by atoms with Crippen molar-refractivity contribution in [3.05, 3.63) is 23.9 Å². The first-order valence-corrected chi connectivity index (χ1v) is 6.32. The molecule has 0 atom stereocenters. The quantitative estimate of drug-likeness (QED) is 0.756. The molecule has 0 aliphatic rings. The molecule has 7 heteroatoms. The number of esters is 1. The van der Waals surface area contributed by atoms with Gasteiger partial charge in [0.05, 0.1) is 12.2 Å². The molecule has 112 valence electrons. The van der Waals surface area contributed by atoms with E-state index in [-0.39, 0.29) is 13.2 Å². The lowest BCUT2D eigenvalue weighted by Gasteiger charge is -2.22. The highest BCUT2D eigenvalue weighted by Gasteiger charge is 2.30. The average molecular weight is 290 g/mol. The predicted octanol–water partition coefficient (Wildman–Crippen LogP) is 2.88. The third kappa shape index (κ3) is 4.71. The van der Waals surface area contributed by atoms with Crippen molar-refractivity contribution < 1.29 is 22.7 Å². The number of nitrogens with zero attached hydrogens (tertiary/aromatic N) is 2. The third-order valence-electron chi connectivity index (χ3n) is 2.52. The summed E-state index contributed by atoms with van der Waals surface area (Å²) in [6, 6.07) is 2.22. The summed E-state index contributed by atoms with van der Waals surface area (Å²) in [6.45, 7) is 4.34. The highest BCUT2D eigenvalue weighted by molar-refractivity contribution is 5.75. The maximum Gasteiger partial charge on any atom is 0.417 e. The molecule has 0 fully saturated rings. The second kappa shape index (κ2) is 7.12. The number of carbonyl (C=O) groups excluding carboxylic acids is 1. The molecule has 0 unspecified atom stereocenters. The maximum atomic E-state index is 12.5. The minimum Gasteiger partial charge on any atom is -0.465 e. The number of halogens is 3. The van der Waals surface area contributed by atoms with Crippen LogP contribution < -0.4 is 4.90 Å². The van der Waals surface area contributed by atoms with Crippen LogP contribution in [-0.4, -0.2) is 30.6 Å². The van der Waals surface area contributed by atoms with Crippen LogP contribution >= 0.6 is 0 Å². The second-order valence-electron chi connectivity index (χ2n) is 4.13. The number of ether oxygens (including phenoxy) is 1. The Hall–Kier alpha value is -1.79. The first-order chi connectivity index (χ1) is 9.38. The summed E-state index contributed by atoms with van der Waals surface area (Å²) in [5.41, 5.74) is -0.811. The third-order valence-corrected chi connectivity index (χ3v) is 2.52. The molecule has 0 aliphatic carbocycles. The molecular weight excluding hydrogens is 273 g/mol.